The fourth-order valence-corrected chi connectivity index (χ4v) is 7.14. The Morgan fingerprint density at radius 2 is 1.69 bits per heavy atom. The van der Waals surface area contributed by atoms with Gasteiger partial charge in [0.25, 0.3) is 0 Å². The SMILES string of the molecule is Cc1cnc(-c2c(C)ccc3c2oc2ccc4c(c23)C2(CCCC2)c2ccccc2-4)cc1C(C)C. The van der Waals surface area contributed by atoms with E-state index in [1.165, 1.54) is 75.4 Å². The highest BCUT2D eigenvalue weighted by molar-refractivity contribution is 6.14. The van der Waals surface area contributed by atoms with Gasteiger partial charge in [0.1, 0.15) is 11.2 Å². The largest absolute Gasteiger partial charge is 0.455 e. The van der Waals surface area contributed by atoms with E-state index < -0.39 is 0 Å². The van der Waals surface area contributed by atoms with Crippen molar-refractivity contribution in [3.8, 4) is 22.4 Å². The Bertz CT molecular complexity index is 1650. The van der Waals surface area contributed by atoms with Gasteiger partial charge in [0, 0.05) is 27.9 Å². The number of hydrogen-bond acceptors (Lipinski definition) is 2. The Kier molecular flexibility index (Phi) is 4.37. The maximum absolute atomic E-state index is 6.74. The van der Waals surface area contributed by atoms with E-state index in [0.717, 1.165) is 22.4 Å². The fraction of sp³-hybridized carbons (Fsp3) is 0.303. The summed E-state index contributed by atoms with van der Waals surface area (Å²) in [5, 5.41) is 2.54. The molecule has 2 aliphatic rings. The highest BCUT2D eigenvalue weighted by Crippen LogP contribution is 2.59. The molecule has 0 saturated heterocycles. The van der Waals surface area contributed by atoms with Crippen LogP contribution < -0.4 is 0 Å². The number of nitrogens with zero attached hydrogens (tertiary/aromatic N) is 1. The number of benzene rings is 3. The zero-order chi connectivity index (χ0) is 23.9. The lowest BCUT2D eigenvalue weighted by molar-refractivity contribution is 0.554. The first-order valence-corrected chi connectivity index (χ1v) is 13.1. The maximum atomic E-state index is 6.74. The van der Waals surface area contributed by atoms with E-state index in [9.17, 15) is 0 Å². The van der Waals surface area contributed by atoms with Crippen LogP contribution in [0.3, 0.4) is 0 Å². The first-order valence-electron chi connectivity index (χ1n) is 13.1. The molecule has 0 bridgehead atoms. The van der Waals surface area contributed by atoms with E-state index in [0.29, 0.717) is 5.92 Å². The Labute approximate surface area is 207 Å². The van der Waals surface area contributed by atoms with E-state index in [1.54, 1.807) is 0 Å². The monoisotopic (exact) mass is 457 g/mol. The number of furan rings is 1. The first kappa shape index (κ1) is 20.9. The summed E-state index contributed by atoms with van der Waals surface area (Å²) < 4.78 is 6.74. The lowest BCUT2D eigenvalue weighted by atomic mass is 9.75. The third-order valence-corrected chi connectivity index (χ3v) is 8.71. The average molecular weight is 458 g/mol. The molecule has 1 fully saturated rings. The Morgan fingerprint density at radius 3 is 2.49 bits per heavy atom. The fourth-order valence-electron chi connectivity index (χ4n) is 7.14. The Balaban J connectivity index is 1.57. The van der Waals surface area contributed by atoms with Gasteiger partial charge in [0.15, 0.2) is 0 Å². The van der Waals surface area contributed by atoms with Crippen LogP contribution in [0.25, 0.3) is 44.3 Å². The van der Waals surface area contributed by atoms with Crippen molar-refractivity contribution < 1.29 is 4.42 Å². The van der Waals surface area contributed by atoms with Gasteiger partial charge in [-0.15, -0.1) is 0 Å². The topological polar surface area (TPSA) is 26.0 Å². The molecule has 2 nitrogen and oxygen atoms in total. The quantitative estimate of drug-likeness (QED) is 0.264. The summed E-state index contributed by atoms with van der Waals surface area (Å²) in [5.74, 6) is 0.455. The maximum Gasteiger partial charge on any atom is 0.145 e. The minimum atomic E-state index is 0.111. The summed E-state index contributed by atoms with van der Waals surface area (Å²) in [6.45, 7) is 8.84. The number of pyridine rings is 1. The zero-order valence-electron chi connectivity index (χ0n) is 21.0. The van der Waals surface area contributed by atoms with E-state index in [-0.39, 0.29) is 5.41 Å². The van der Waals surface area contributed by atoms with E-state index in [2.05, 4.69) is 82.3 Å². The van der Waals surface area contributed by atoms with Gasteiger partial charge >= 0.3 is 0 Å². The van der Waals surface area contributed by atoms with Gasteiger partial charge in [-0.3, -0.25) is 4.98 Å². The van der Waals surface area contributed by atoms with Crippen molar-refractivity contribution in [3.05, 3.63) is 88.6 Å². The normalized spacial score (nSPS) is 16.0. The van der Waals surface area contributed by atoms with Gasteiger partial charge in [0.05, 0.1) is 5.69 Å². The number of rotatable bonds is 2. The average Bonchev–Trinajstić information content (AvgIpc) is 3.56. The molecule has 7 rings (SSSR count). The highest BCUT2D eigenvalue weighted by atomic mass is 16.3. The second-order valence-electron chi connectivity index (χ2n) is 11.0. The molecule has 0 radical (unpaired) electrons. The highest BCUT2D eigenvalue weighted by Gasteiger charge is 2.46. The van der Waals surface area contributed by atoms with Crippen molar-refractivity contribution in [1.82, 2.24) is 4.98 Å². The smallest absolute Gasteiger partial charge is 0.145 e. The summed E-state index contributed by atoms with van der Waals surface area (Å²) >= 11 is 0. The predicted molar refractivity (Wildman–Crippen MR) is 145 cm³/mol. The third-order valence-electron chi connectivity index (χ3n) is 8.71. The Hall–Kier alpha value is -3.39. The summed E-state index contributed by atoms with van der Waals surface area (Å²) in [4.78, 5) is 4.89. The van der Waals surface area contributed by atoms with Gasteiger partial charge < -0.3 is 4.42 Å². The molecule has 5 aromatic rings. The minimum absolute atomic E-state index is 0.111. The second kappa shape index (κ2) is 7.31. The molecule has 0 aliphatic heterocycles. The van der Waals surface area contributed by atoms with Crippen molar-refractivity contribution in [1.29, 1.82) is 0 Å². The summed E-state index contributed by atoms with van der Waals surface area (Å²) in [5.41, 5.74) is 13.9. The molecule has 0 unspecified atom stereocenters. The van der Waals surface area contributed by atoms with E-state index in [4.69, 9.17) is 9.40 Å². The molecule has 0 N–H and O–H groups in total. The predicted octanol–water partition coefficient (Wildman–Crippen LogP) is 9.23. The molecule has 3 aromatic carbocycles. The molecule has 1 saturated carbocycles. The molecule has 2 heteroatoms. The van der Waals surface area contributed by atoms with Crippen LogP contribution in [0.4, 0.5) is 0 Å². The van der Waals surface area contributed by atoms with Crippen LogP contribution in [-0.4, -0.2) is 4.98 Å². The molecule has 0 amide bonds. The van der Waals surface area contributed by atoms with Crippen molar-refractivity contribution in [2.45, 2.75) is 64.7 Å². The van der Waals surface area contributed by atoms with Crippen LogP contribution in [0, 0.1) is 13.8 Å². The molecule has 2 aromatic heterocycles. The molecule has 174 valence electrons. The van der Waals surface area contributed by atoms with Gasteiger partial charge in [-0.2, -0.15) is 0 Å². The number of aryl methyl sites for hydroxylation is 2. The van der Waals surface area contributed by atoms with E-state index >= 15 is 0 Å². The van der Waals surface area contributed by atoms with Crippen LogP contribution in [-0.2, 0) is 5.41 Å². The van der Waals surface area contributed by atoms with Crippen LogP contribution >= 0.6 is 0 Å². The first-order chi connectivity index (χ1) is 17.0. The van der Waals surface area contributed by atoms with Gasteiger partial charge in [0.2, 0.25) is 0 Å². The van der Waals surface area contributed by atoms with Crippen molar-refractivity contribution in [2.75, 3.05) is 0 Å². The molecular weight excluding hydrogens is 426 g/mol. The van der Waals surface area contributed by atoms with Gasteiger partial charge in [-0.1, -0.05) is 69.2 Å². The van der Waals surface area contributed by atoms with Crippen molar-refractivity contribution in [3.63, 3.8) is 0 Å². The van der Waals surface area contributed by atoms with Gasteiger partial charge in [-0.05, 0) is 83.7 Å². The molecule has 2 heterocycles. The lowest BCUT2D eigenvalue weighted by Gasteiger charge is -2.27. The van der Waals surface area contributed by atoms with Crippen LogP contribution in [0.5, 0.6) is 0 Å². The van der Waals surface area contributed by atoms with E-state index in [1.807, 2.05) is 6.20 Å². The van der Waals surface area contributed by atoms with Crippen LogP contribution in [0.2, 0.25) is 0 Å². The van der Waals surface area contributed by atoms with Crippen LogP contribution in [0.15, 0.2) is 65.2 Å². The minimum Gasteiger partial charge on any atom is -0.455 e. The number of aromatic nitrogens is 1. The van der Waals surface area contributed by atoms with Crippen molar-refractivity contribution >= 4 is 21.9 Å². The van der Waals surface area contributed by atoms with Crippen molar-refractivity contribution in [2.24, 2.45) is 0 Å². The molecule has 35 heavy (non-hydrogen) atoms. The third kappa shape index (κ3) is 2.74. The lowest BCUT2D eigenvalue weighted by Crippen LogP contribution is -2.20. The number of fused-ring (bicyclic) bond motifs is 9. The summed E-state index contributed by atoms with van der Waals surface area (Å²) in [6.07, 6.45) is 7.04. The summed E-state index contributed by atoms with van der Waals surface area (Å²) in [7, 11) is 0. The Morgan fingerprint density at radius 1 is 0.886 bits per heavy atom. The summed E-state index contributed by atoms with van der Waals surface area (Å²) in [6, 6.07) is 20.4. The van der Waals surface area contributed by atoms with Gasteiger partial charge in [-0.25, -0.2) is 0 Å². The molecular formula is C33H31NO. The van der Waals surface area contributed by atoms with Crippen LogP contribution in [0.1, 0.15) is 73.3 Å². The standard InChI is InChI=1S/C33H31NO/c1-19(2)25-17-27(34-18-21(25)4)29-20(3)11-12-24-30-28(35-32(24)29)14-13-23-22-9-5-6-10-26(22)33(31(23)30)15-7-8-16-33/h5-6,9-14,17-19H,7-8,15-16H2,1-4H3. The number of hydrogen-bond donors (Lipinski definition) is 0. The molecule has 2 aliphatic carbocycles. The molecule has 1 spiro atoms. The zero-order valence-corrected chi connectivity index (χ0v) is 21.0. The molecule has 0 atom stereocenters. The second-order valence-corrected chi connectivity index (χ2v) is 11.0.